The highest BCUT2D eigenvalue weighted by Crippen LogP contribution is 2.20. The zero-order chi connectivity index (χ0) is 16.9. The molecule has 2 amide bonds. The van der Waals surface area contributed by atoms with Gasteiger partial charge in [0.25, 0.3) is 0 Å². The van der Waals surface area contributed by atoms with Crippen LogP contribution < -0.4 is 10.6 Å². The quantitative estimate of drug-likeness (QED) is 0.827. The maximum absolute atomic E-state index is 12.4. The molecule has 0 saturated carbocycles. The minimum absolute atomic E-state index is 0.324. The van der Waals surface area contributed by atoms with Crippen molar-refractivity contribution >= 4 is 29.1 Å². The van der Waals surface area contributed by atoms with E-state index in [9.17, 15) is 9.59 Å². The van der Waals surface area contributed by atoms with E-state index in [4.69, 9.17) is 11.6 Å². The minimum atomic E-state index is -1.21. The van der Waals surface area contributed by atoms with E-state index in [1.807, 2.05) is 6.07 Å². The van der Waals surface area contributed by atoms with Gasteiger partial charge in [0.1, 0.15) is 5.41 Å². The van der Waals surface area contributed by atoms with E-state index in [0.29, 0.717) is 17.3 Å². The lowest BCUT2D eigenvalue weighted by atomic mass is 9.91. The third-order valence-corrected chi connectivity index (χ3v) is 3.67. The normalized spacial score (nSPS) is 10.9. The van der Waals surface area contributed by atoms with Crippen LogP contribution in [0.3, 0.4) is 0 Å². The summed E-state index contributed by atoms with van der Waals surface area (Å²) in [5, 5.41) is 6.05. The highest BCUT2D eigenvalue weighted by molar-refractivity contribution is 6.30. The van der Waals surface area contributed by atoms with Crippen LogP contribution in [0.4, 0.5) is 5.69 Å². The molecule has 0 bridgehead atoms. The van der Waals surface area contributed by atoms with Gasteiger partial charge in [0.05, 0.1) is 0 Å². The fraction of sp³-hybridized carbons (Fsp3) is 0.235. The summed E-state index contributed by atoms with van der Waals surface area (Å²) in [5.74, 6) is -0.740. The number of hydrogen-bond donors (Lipinski definition) is 2. The van der Waals surface area contributed by atoms with Gasteiger partial charge in [-0.1, -0.05) is 17.7 Å². The summed E-state index contributed by atoms with van der Waals surface area (Å²) in [6.07, 6.45) is 3.33. The molecule has 2 N–H and O–H groups in total. The maximum Gasteiger partial charge on any atom is 0.239 e. The number of anilines is 1. The van der Waals surface area contributed by atoms with E-state index in [1.165, 1.54) is 0 Å². The number of hydrogen-bond acceptors (Lipinski definition) is 3. The predicted molar refractivity (Wildman–Crippen MR) is 89.9 cm³/mol. The Kier molecular flexibility index (Phi) is 5.34. The topological polar surface area (TPSA) is 71.1 Å². The summed E-state index contributed by atoms with van der Waals surface area (Å²) in [4.78, 5) is 28.6. The first-order chi connectivity index (χ1) is 10.9. The molecule has 0 aliphatic carbocycles. The highest BCUT2D eigenvalue weighted by atomic mass is 35.5. The lowest BCUT2D eigenvalue weighted by Gasteiger charge is -2.22. The molecule has 1 aromatic heterocycles. The monoisotopic (exact) mass is 331 g/mol. The molecule has 2 rings (SSSR count). The average Bonchev–Trinajstić information content (AvgIpc) is 2.55. The third kappa shape index (κ3) is 4.53. The molecule has 0 radical (unpaired) electrons. The summed E-state index contributed by atoms with van der Waals surface area (Å²) in [7, 11) is 0. The molecular weight excluding hydrogens is 314 g/mol. The molecule has 2 aromatic rings. The van der Waals surface area contributed by atoms with Gasteiger partial charge in [-0.2, -0.15) is 0 Å². The molecule has 120 valence electrons. The Balaban J connectivity index is 1.97. The highest BCUT2D eigenvalue weighted by Gasteiger charge is 2.35. The Hall–Kier alpha value is -2.40. The van der Waals surface area contributed by atoms with Crippen molar-refractivity contribution in [1.82, 2.24) is 10.3 Å². The molecule has 1 heterocycles. The van der Waals surface area contributed by atoms with E-state index < -0.39 is 5.41 Å². The van der Waals surface area contributed by atoms with Gasteiger partial charge < -0.3 is 10.6 Å². The summed E-state index contributed by atoms with van der Waals surface area (Å²) in [6, 6.07) is 10.4. The molecule has 1 aromatic carbocycles. The molecule has 0 saturated heterocycles. The number of halogens is 1. The van der Waals surface area contributed by atoms with Crippen molar-refractivity contribution in [3.8, 4) is 0 Å². The average molecular weight is 332 g/mol. The molecule has 5 nitrogen and oxygen atoms in total. The van der Waals surface area contributed by atoms with Crippen molar-refractivity contribution in [3.05, 3.63) is 59.4 Å². The number of amides is 2. The van der Waals surface area contributed by atoms with Crippen LogP contribution in [0.1, 0.15) is 19.4 Å². The minimum Gasteiger partial charge on any atom is -0.351 e. The molecule has 0 spiro atoms. The van der Waals surface area contributed by atoms with Crippen LogP contribution in [-0.2, 0) is 16.1 Å². The number of benzene rings is 1. The number of nitrogens with zero attached hydrogens (tertiary/aromatic N) is 1. The second-order valence-electron chi connectivity index (χ2n) is 5.63. The molecule has 0 atom stereocenters. The Morgan fingerprint density at radius 1 is 1.13 bits per heavy atom. The number of rotatable bonds is 5. The largest absolute Gasteiger partial charge is 0.351 e. The van der Waals surface area contributed by atoms with Gasteiger partial charge in [-0.25, -0.2) is 0 Å². The molecule has 6 heteroatoms. The number of carbonyl (C=O) groups excluding carboxylic acids is 2. The first-order valence-electron chi connectivity index (χ1n) is 7.14. The fourth-order valence-electron chi connectivity index (χ4n) is 1.83. The number of pyridine rings is 1. The number of aromatic nitrogens is 1. The van der Waals surface area contributed by atoms with Crippen molar-refractivity contribution in [2.45, 2.75) is 20.4 Å². The van der Waals surface area contributed by atoms with Gasteiger partial charge in [-0.05, 0) is 49.7 Å². The van der Waals surface area contributed by atoms with Crippen molar-refractivity contribution in [3.63, 3.8) is 0 Å². The molecule has 23 heavy (non-hydrogen) atoms. The maximum atomic E-state index is 12.4. The second-order valence-corrected chi connectivity index (χ2v) is 6.07. The van der Waals surface area contributed by atoms with Crippen LogP contribution in [0.2, 0.25) is 5.02 Å². The number of carbonyl (C=O) groups is 2. The van der Waals surface area contributed by atoms with E-state index in [2.05, 4.69) is 15.6 Å². The summed E-state index contributed by atoms with van der Waals surface area (Å²) < 4.78 is 0. The Morgan fingerprint density at radius 3 is 2.43 bits per heavy atom. The van der Waals surface area contributed by atoms with Gasteiger partial charge in [-0.15, -0.1) is 0 Å². The van der Waals surface area contributed by atoms with E-state index >= 15 is 0 Å². The zero-order valence-electron chi connectivity index (χ0n) is 13.0. The summed E-state index contributed by atoms with van der Waals surface area (Å²) >= 11 is 5.81. The summed E-state index contributed by atoms with van der Waals surface area (Å²) in [6.45, 7) is 3.48. The molecule has 0 unspecified atom stereocenters. The van der Waals surface area contributed by atoms with Crippen LogP contribution >= 0.6 is 11.6 Å². The smallest absolute Gasteiger partial charge is 0.239 e. The zero-order valence-corrected chi connectivity index (χ0v) is 13.7. The molecular formula is C17H18ClN3O2. The van der Waals surface area contributed by atoms with Gasteiger partial charge in [-0.3, -0.25) is 14.6 Å². The first kappa shape index (κ1) is 17.0. The van der Waals surface area contributed by atoms with Gasteiger partial charge in [0.15, 0.2) is 0 Å². The molecule has 0 aliphatic rings. The van der Waals surface area contributed by atoms with E-state index in [-0.39, 0.29) is 11.8 Å². The van der Waals surface area contributed by atoms with E-state index in [0.717, 1.165) is 5.56 Å². The van der Waals surface area contributed by atoms with Gasteiger partial charge >= 0.3 is 0 Å². The lowest BCUT2D eigenvalue weighted by Crippen LogP contribution is -2.44. The van der Waals surface area contributed by atoms with Gasteiger partial charge in [0.2, 0.25) is 11.8 Å². The van der Waals surface area contributed by atoms with Gasteiger partial charge in [0, 0.05) is 29.6 Å². The second kappa shape index (κ2) is 7.24. The third-order valence-electron chi connectivity index (χ3n) is 3.41. The van der Waals surface area contributed by atoms with Crippen LogP contribution in [0.25, 0.3) is 0 Å². The van der Waals surface area contributed by atoms with Crippen molar-refractivity contribution in [2.24, 2.45) is 5.41 Å². The van der Waals surface area contributed by atoms with Crippen LogP contribution in [-0.4, -0.2) is 16.8 Å². The lowest BCUT2D eigenvalue weighted by molar-refractivity contribution is -0.138. The van der Waals surface area contributed by atoms with Crippen molar-refractivity contribution < 1.29 is 9.59 Å². The van der Waals surface area contributed by atoms with Crippen molar-refractivity contribution in [2.75, 3.05) is 5.32 Å². The SMILES string of the molecule is CC(C)(C(=O)NCc1cccnc1)C(=O)Nc1ccc(Cl)cc1. The Bertz CT molecular complexity index is 685. The Morgan fingerprint density at radius 2 is 1.83 bits per heavy atom. The van der Waals surface area contributed by atoms with Crippen molar-refractivity contribution in [1.29, 1.82) is 0 Å². The Labute approximate surface area is 140 Å². The first-order valence-corrected chi connectivity index (χ1v) is 7.51. The number of nitrogens with one attached hydrogen (secondary N) is 2. The predicted octanol–water partition coefficient (Wildman–Crippen LogP) is 3.02. The van der Waals surface area contributed by atoms with Crippen LogP contribution in [0.5, 0.6) is 0 Å². The standard InChI is InChI=1S/C17H18ClN3O2/c1-17(2,15(22)20-11-12-4-3-9-19-10-12)16(23)21-14-7-5-13(18)6-8-14/h3-10H,11H2,1-2H3,(H,20,22)(H,21,23). The van der Waals surface area contributed by atoms with Crippen LogP contribution in [0, 0.1) is 5.41 Å². The van der Waals surface area contributed by atoms with Crippen LogP contribution in [0.15, 0.2) is 48.8 Å². The molecule has 0 aliphatic heterocycles. The molecule has 0 fully saturated rings. The fourth-order valence-corrected chi connectivity index (χ4v) is 1.96. The summed E-state index contributed by atoms with van der Waals surface area (Å²) in [5.41, 5.74) is 0.254. The van der Waals surface area contributed by atoms with E-state index in [1.54, 1.807) is 56.6 Å².